The van der Waals surface area contributed by atoms with Crippen molar-refractivity contribution in [3.05, 3.63) is 53.4 Å². The van der Waals surface area contributed by atoms with Crippen molar-refractivity contribution < 1.29 is 13.9 Å². The van der Waals surface area contributed by atoms with Gasteiger partial charge in [0.2, 0.25) is 5.88 Å². The maximum Gasteiger partial charge on any atom is 0.256 e. The molecule has 0 saturated carbocycles. The van der Waals surface area contributed by atoms with Crippen molar-refractivity contribution in [3.63, 3.8) is 0 Å². The average Bonchev–Trinajstić information content (AvgIpc) is 3.45. The Balaban J connectivity index is 1.75. The van der Waals surface area contributed by atoms with Crippen molar-refractivity contribution in [2.24, 2.45) is 0 Å². The fourth-order valence-corrected chi connectivity index (χ4v) is 3.87. The number of H-pyrrole nitrogens is 1. The molecule has 0 aromatic carbocycles. The van der Waals surface area contributed by atoms with Gasteiger partial charge in [-0.2, -0.15) is 14.9 Å². The minimum absolute atomic E-state index is 0.178. The summed E-state index contributed by atoms with van der Waals surface area (Å²) in [6, 6.07) is 4.49. The highest BCUT2D eigenvalue weighted by molar-refractivity contribution is 6.01. The van der Waals surface area contributed by atoms with Crippen LogP contribution in [0.4, 0.5) is 16.0 Å². The molecule has 5 N–H and O–H groups in total. The lowest BCUT2D eigenvalue weighted by molar-refractivity contribution is 0.0932. The van der Waals surface area contributed by atoms with Crippen LogP contribution in [0.1, 0.15) is 41.5 Å². The van der Waals surface area contributed by atoms with E-state index in [4.69, 9.17) is 10.5 Å². The molecular weight excluding hydrogens is 441 g/mol. The van der Waals surface area contributed by atoms with Crippen LogP contribution < -0.4 is 21.1 Å². The summed E-state index contributed by atoms with van der Waals surface area (Å²) in [6.07, 6.45) is 3.64. The number of pyridine rings is 1. The van der Waals surface area contributed by atoms with Crippen molar-refractivity contribution in [2.45, 2.75) is 26.0 Å². The van der Waals surface area contributed by atoms with Crippen LogP contribution in [-0.4, -0.2) is 43.1 Å². The molecule has 2 atom stereocenters. The number of hydrogen-bond donors (Lipinski definition) is 4. The monoisotopic (exact) mass is 461 g/mol. The highest BCUT2D eigenvalue weighted by Gasteiger charge is 2.25. The largest absolute Gasteiger partial charge is 0.473 e. The van der Waals surface area contributed by atoms with Gasteiger partial charge in [0.1, 0.15) is 40.9 Å². The van der Waals surface area contributed by atoms with Gasteiger partial charge in [-0.15, -0.1) is 0 Å². The number of nitrogen functional groups attached to an aromatic ring is 1. The van der Waals surface area contributed by atoms with E-state index in [9.17, 15) is 14.4 Å². The SMILES string of the molecule is C[C@H]1CNC(=O)c2cnn3c(N)c(-c4c[nH]c(C#N)c4)c(nc23)N[C@H](C)c2cc(F)cnc2O1. The maximum atomic E-state index is 14.1. The van der Waals surface area contributed by atoms with E-state index in [1.807, 2.05) is 6.07 Å². The quantitative estimate of drug-likeness (QED) is 0.336. The molecule has 4 aromatic heterocycles. The smallest absolute Gasteiger partial charge is 0.256 e. The van der Waals surface area contributed by atoms with E-state index >= 15 is 0 Å². The van der Waals surface area contributed by atoms with E-state index in [2.05, 4.69) is 30.7 Å². The van der Waals surface area contributed by atoms with E-state index in [0.717, 1.165) is 6.20 Å². The molecule has 0 radical (unpaired) electrons. The van der Waals surface area contributed by atoms with Gasteiger partial charge in [0, 0.05) is 17.3 Å². The number of hydrogen-bond acceptors (Lipinski definition) is 8. The van der Waals surface area contributed by atoms with Crippen LogP contribution >= 0.6 is 0 Å². The van der Waals surface area contributed by atoms with E-state index in [1.54, 1.807) is 26.1 Å². The van der Waals surface area contributed by atoms with Crippen molar-refractivity contribution in [3.8, 4) is 23.1 Å². The van der Waals surface area contributed by atoms with Crippen LogP contribution in [0.5, 0.6) is 5.88 Å². The Hall–Kier alpha value is -4.66. The van der Waals surface area contributed by atoms with Crippen LogP contribution in [-0.2, 0) is 0 Å². The second-order valence-electron chi connectivity index (χ2n) is 7.98. The Morgan fingerprint density at radius 2 is 2.15 bits per heavy atom. The van der Waals surface area contributed by atoms with Crippen molar-refractivity contribution in [1.29, 1.82) is 5.26 Å². The maximum absolute atomic E-state index is 14.1. The highest BCUT2D eigenvalue weighted by atomic mass is 19.1. The minimum Gasteiger partial charge on any atom is -0.473 e. The van der Waals surface area contributed by atoms with Gasteiger partial charge in [-0.25, -0.2) is 14.4 Å². The fourth-order valence-electron chi connectivity index (χ4n) is 3.87. The van der Waals surface area contributed by atoms with Gasteiger partial charge in [0.15, 0.2) is 5.65 Å². The van der Waals surface area contributed by atoms with E-state index in [-0.39, 0.29) is 29.5 Å². The molecule has 172 valence electrons. The van der Waals surface area contributed by atoms with Gasteiger partial charge < -0.3 is 26.1 Å². The number of nitrogens with zero attached hydrogens (tertiary/aromatic N) is 5. The molecule has 4 aromatic rings. The molecule has 0 aliphatic carbocycles. The third-order valence-electron chi connectivity index (χ3n) is 5.55. The summed E-state index contributed by atoms with van der Waals surface area (Å²) in [7, 11) is 0. The number of amides is 1. The van der Waals surface area contributed by atoms with Crippen molar-refractivity contribution >= 4 is 23.2 Å². The molecule has 0 unspecified atom stereocenters. The van der Waals surface area contributed by atoms with Crippen molar-refractivity contribution in [2.75, 3.05) is 17.6 Å². The van der Waals surface area contributed by atoms with E-state index in [0.29, 0.717) is 28.2 Å². The molecule has 1 amide bonds. The lowest BCUT2D eigenvalue weighted by Gasteiger charge is -2.22. The van der Waals surface area contributed by atoms with Crippen LogP contribution in [0.2, 0.25) is 0 Å². The van der Waals surface area contributed by atoms with Gasteiger partial charge in [-0.05, 0) is 26.0 Å². The second kappa shape index (κ2) is 8.04. The zero-order chi connectivity index (χ0) is 24.0. The Kier molecular flexibility index (Phi) is 5.01. The van der Waals surface area contributed by atoms with Crippen molar-refractivity contribution in [1.82, 2.24) is 29.9 Å². The summed E-state index contributed by atoms with van der Waals surface area (Å²) in [5, 5.41) is 19.5. The normalized spacial score (nSPS) is 18.0. The summed E-state index contributed by atoms with van der Waals surface area (Å²) in [6.45, 7) is 3.75. The first-order valence-electron chi connectivity index (χ1n) is 10.5. The Bertz CT molecular complexity index is 1470. The minimum atomic E-state index is -0.521. The molecular formula is C22H20FN9O2. The summed E-state index contributed by atoms with van der Waals surface area (Å²) in [4.78, 5) is 24.5. The number of fused-ring (bicyclic) bond motifs is 2. The summed E-state index contributed by atoms with van der Waals surface area (Å²) < 4.78 is 21.4. The number of halogens is 1. The zero-order valence-corrected chi connectivity index (χ0v) is 18.3. The number of ether oxygens (including phenoxy) is 1. The first-order valence-corrected chi connectivity index (χ1v) is 10.5. The number of carbonyl (C=O) groups excluding carboxylic acids is 1. The summed E-state index contributed by atoms with van der Waals surface area (Å²) in [5.41, 5.74) is 8.81. The number of nitrogens with two attached hydrogens (primary N) is 1. The van der Waals surface area contributed by atoms with E-state index < -0.39 is 23.9 Å². The average molecular weight is 461 g/mol. The molecule has 5 heterocycles. The predicted molar refractivity (Wildman–Crippen MR) is 121 cm³/mol. The van der Waals surface area contributed by atoms with Gasteiger partial charge >= 0.3 is 0 Å². The summed E-state index contributed by atoms with van der Waals surface area (Å²) >= 11 is 0. The lowest BCUT2D eigenvalue weighted by Crippen LogP contribution is -2.34. The molecule has 12 heteroatoms. The molecule has 1 aliphatic heterocycles. The first-order chi connectivity index (χ1) is 16.4. The fraction of sp³-hybridized carbons (Fsp3) is 0.227. The van der Waals surface area contributed by atoms with Gasteiger partial charge in [0.05, 0.1) is 30.5 Å². The van der Waals surface area contributed by atoms with Gasteiger partial charge in [-0.1, -0.05) is 0 Å². The standard InChI is InChI=1S/C22H20FN9O2/c1-10-6-27-21(33)16-9-29-32-18(25)17(12-3-14(5-24)26-7-12)19(31-20(16)32)30-11(2)15-4-13(23)8-28-22(15)34-10/h3-4,7-11,26H,6,25H2,1-2H3,(H,27,33)(H,30,31)/t10-,11+/m0/s1. The Morgan fingerprint density at radius 1 is 1.32 bits per heavy atom. The number of nitrogens with one attached hydrogen (secondary N) is 3. The molecule has 34 heavy (non-hydrogen) atoms. The molecule has 5 rings (SSSR count). The molecule has 1 aliphatic rings. The number of aromatic amines is 1. The number of anilines is 2. The van der Waals surface area contributed by atoms with Crippen LogP contribution in [0, 0.1) is 17.1 Å². The third-order valence-corrected chi connectivity index (χ3v) is 5.55. The van der Waals surface area contributed by atoms with Crippen LogP contribution in [0.15, 0.2) is 30.7 Å². The molecule has 0 spiro atoms. The Morgan fingerprint density at radius 3 is 2.91 bits per heavy atom. The van der Waals surface area contributed by atoms with Crippen LogP contribution in [0.25, 0.3) is 16.8 Å². The first kappa shape index (κ1) is 21.2. The number of carbonyl (C=O) groups is 1. The topological polar surface area (TPSA) is 159 Å². The molecule has 0 saturated heterocycles. The Labute approximate surface area is 192 Å². The summed E-state index contributed by atoms with van der Waals surface area (Å²) in [5.74, 6) is -0.164. The van der Waals surface area contributed by atoms with E-state index in [1.165, 1.54) is 16.8 Å². The number of aromatic nitrogens is 5. The highest BCUT2D eigenvalue weighted by Crippen LogP contribution is 2.37. The third kappa shape index (κ3) is 3.53. The number of nitriles is 1. The van der Waals surface area contributed by atoms with Gasteiger partial charge in [0.25, 0.3) is 5.91 Å². The molecule has 0 fully saturated rings. The second-order valence-corrected chi connectivity index (χ2v) is 7.98. The zero-order valence-electron chi connectivity index (χ0n) is 18.3. The number of rotatable bonds is 1. The molecule has 2 bridgehead atoms. The van der Waals surface area contributed by atoms with Crippen LogP contribution in [0.3, 0.4) is 0 Å². The lowest BCUT2D eigenvalue weighted by atomic mass is 10.1. The van der Waals surface area contributed by atoms with Gasteiger partial charge in [-0.3, -0.25) is 4.79 Å². The predicted octanol–water partition coefficient (Wildman–Crippen LogP) is 2.40. The molecule has 11 nitrogen and oxygen atoms in total.